The fourth-order valence-electron chi connectivity index (χ4n) is 1.13. The van der Waals surface area contributed by atoms with Gasteiger partial charge in [-0.25, -0.2) is 4.39 Å². The zero-order valence-corrected chi connectivity index (χ0v) is 5.70. The number of aromatic nitrogens is 2. The number of nitrogens with zero attached hydrogens (tertiary/aromatic N) is 2. The molecule has 11 heavy (non-hydrogen) atoms. The van der Waals surface area contributed by atoms with Crippen molar-refractivity contribution in [2.45, 2.75) is 12.8 Å². The second-order valence-electron chi connectivity index (χ2n) is 2.32. The van der Waals surface area contributed by atoms with E-state index in [0.29, 0.717) is 13.2 Å². The van der Waals surface area contributed by atoms with Crippen molar-refractivity contribution in [3.05, 3.63) is 17.7 Å². The van der Waals surface area contributed by atoms with E-state index in [2.05, 4.69) is 5.10 Å². The van der Waals surface area contributed by atoms with Gasteiger partial charge in [0.2, 0.25) is 6.29 Å². The molecule has 0 radical (unpaired) electrons. The maximum atomic E-state index is 12.8. The number of ether oxygens (including phenoxy) is 1. The van der Waals surface area contributed by atoms with Gasteiger partial charge in [-0.15, -0.1) is 0 Å². The Kier molecular flexibility index (Phi) is 1.40. The first kappa shape index (κ1) is 6.75. The van der Waals surface area contributed by atoms with Crippen molar-refractivity contribution in [3.63, 3.8) is 0 Å². The number of hydrogen-bond acceptors (Lipinski definition) is 3. The molecule has 1 N–H and O–H groups in total. The van der Waals surface area contributed by atoms with Crippen molar-refractivity contribution in [2.24, 2.45) is 0 Å². The van der Waals surface area contributed by atoms with Crippen LogP contribution in [0.1, 0.15) is 12.0 Å². The fraction of sp³-hybridized carbons (Fsp3) is 0.500. The van der Waals surface area contributed by atoms with Gasteiger partial charge >= 0.3 is 0 Å². The van der Waals surface area contributed by atoms with Crippen molar-refractivity contribution in [2.75, 3.05) is 6.61 Å². The standard InChI is InChI=1S/C6H7FN2O2/c7-4-3-8-9-1-2-11-6(10)5(4)9/h3,6,10H,1-2H2. The molecular weight excluding hydrogens is 151 g/mol. The Hall–Kier alpha value is -0.940. The Bertz CT molecular complexity index is 274. The minimum atomic E-state index is -1.16. The summed E-state index contributed by atoms with van der Waals surface area (Å²) < 4.78 is 19.0. The van der Waals surface area contributed by atoms with E-state index in [-0.39, 0.29) is 5.69 Å². The monoisotopic (exact) mass is 158 g/mol. The molecule has 1 aromatic rings. The summed E-state index contributed by atoms with van der Waals surface area (Å²) in [6, 6.07) is 0. The normalized spacial score (nSPS) is 23.3. The van der Waals surface area contributed by atoms with Crippen LogP contribution in [0.3, 0.4) is 0 Å². The Morgan fingerprint density at radius 2 is 2.64 bits per heavy atom. The lowest BCUT2D eigenvalue weighted by atomic mass is 10.3. The van der Waals surface area contributed by atoms with Crippen LogP contribution in [0, 0.1) is 5.82 Å². The molecule has 5 heteroatoms. The quantitative estimate of drug-likeness (QED) is 0.580. The van der Waals surface area contributed by atoms with Gasteiger partial charge in [0.25, 0.3) is 0 Å². The molecule has 0 fully saturated rings. The lowest BCUT2D eigenvalue weighted by molar-refractivity contribution is -0.127. The van der Waals surface area contributed by atoms with Gasteiger partial charge < -0.3 is 9.84 Å². The molecule has 0 spiro atoms. The van der Waals surface area contributed by atoms with Crippen molar-refractivity contribution >= 4 is 0 Å². The van der Waals surface area contributed by atoms with Crippen LogP contribution in [-0.2, 0) is 11.3 Å². The Morgan fingerprint density at radius 3 is 3.36 bits per heavy atom. The molecule has 4 nitrogen and oxygen atoms in total. The minimum Gasteiger partial charge on any atom is -0.363 e. The summed E-state index contributed by atoms with van der Waals surface area (Å²) in [4.78, 5) is 0. The molecule has 0 amide bonds. The van der Waals surface area contributed by atoms with Gasteiger partial charge in [-0.05, 0) is 0 Å². The summed E-state index contributed by atoms with van der Waals surface area (Å²) in [5.41, 5.74) is 0.122. The Labute approximate surface area is 62.2 Å². The molecule has 1 aromatic heterocycles. The van der Waals surface area contributed by atoms with E-state index in [1.807, 2.05) is 0 Å². The van der Waals surface area contributed by atoms with Gasteiger partial charge in [-0.2, -0.15) is 5.10 Å². The third-order valence-electron chi connectivity index (χ3n) is 1.65. The number of rotatable bonds is 0. The van der Waals surface area contributed by atoms with Gasteiger partial charge in [0.15, 0.2) is 5.82 Å². The van der Waals surface area contributed by atoms with Crippen molar-refractivity contribution in [1.82, 2.24) is 9.78 Å². The first-order chi connectivity index (χ1) is 5.29. The highest BCUT2D eigenvalue weighted by atomic mass is 19.1. The molecule has 1 unspecified atom stereocenters. The summed E-state index contributed by atoms with van der Waals surface area (Å²) in [5.74, 6) is -0.516. The lowest BCUT2D eigenvalue weighted by Crippen LogP contribution is -2.22. The Morgan fingerprint density at radius 1 is 1.82 bits per heavy atom. The lowest BCUT2D eigenvalue weighted by Gasteiger charge is -2.19. The predicted octanol–water partition coefficient (Wildman–Crippen LogP) is 0.0433. The zero-order chi connectivity index (χ0) is 7.84. The summed E-state index contributed by atoms with van der Waals surface area (Å²) >= 11 is 0. The van der Waals surface area contributed by atoms with Gasteiger partial charge in [0.1, 0.15) is 5.69 Å². The van der Waals surface area contributed by atoms with E-state index >= 15 is 0 Å². The summed E-state index contributed by atoms with van der Waals surface area (Å²) in [7, 11) is 0. The molecule has 0 aromatic carbocycles. The SMILES string of the molecule is OC1OCCn2ncc(F)c21. The number of halogens is 1. The van der Waals surface area contributed by atoms with Crippen LogP contribution < -0.4 is 0 Å². The van der Waals surface area contributed by atoms with Crippen molar-refractivity contribution < 1.29 is 14.2 Å². The van der Waals surface area contributed by atoms with Gasteiger partial charge in [0.05, 0.1) is 19.3 Å². The van der Waals surface area contributed by atoms with Crippen LogP contribution in [0.5, 0.6) is 0 Å². The van der Waals surface area contributed by atoms with E-state index < -0.39 is 12.1 Å². The molecule has 0 saturated carbocycles. The summed E-state index contributed by atoms with van der Waals surface area (Å²) in [5, 5.41) is 12.8. The third-order valence-corrected chi connectivity index (χ3v) is 1.65. The van der Waals surface area contributed by atoms with Gasteiger partial charge in [-0.1, -0.05) is 0 Å². The highest BCUT2D eigenvalue weighted by Gasteiger charge is 2.23. The first-order valence-corrected chi connectivity index (χ1v) is 3.30. The molecule has 0 saturated heterocycles. The topological polar surface area (TPSA) is 47.3 Å². The molecule has 2 rings (SSSR count). The van der Waals surface area contributed by atoms with Crippen LogP contribution >= 0.6 is 0 Å². The van der Waals surface area contributed by atoms with Crippen molar-refractivity contribution in [3.8, 4) is 0 Å². The highest BCUT2D eigenvalue weighted by molar-refractivity contribution is 5.06. The van der Waals surface area contributed by atoms with Crippen LogP contribution in [0.4, 0.5) is 4.39 Å². The van der Waals surface area contributed by atoms with E-state index in [1.54, 1.807) is 0 Å². The summed E-state index contributed by atoms with van der Waals surface area (Å²) in [6.07, 6.45) is -0.0843. The zero-order valence-electron chi connectivity index (χ0n) is 5.70. The maximum absolute atomic E-state index is 12.8. The molecule has 1 aliphatic rings. The van der Waals surface area contributed by atoms with E-state index in [9.17, 15) is 4.39 Å². The summed E-state index contributed by atoms with van der Waals surface area (Å²) in [6.45, 7) is 0.867. The van der Waals surface area contributed by atoms with E-state index in [1.165, 1.54) is 4.68 Å². The molecule has 2 heterocycles. The van der Waals surface area contributed by atoms with Crippen molar-refractivity contribution in [1.29, 1.82) is 0 Å². The fourth-order valence-corrected chi connectivity index (χ4v) is 1.13. The van der Waals surface area contributed by atoms with Crippen LogP contribution in [0.25, 0.3) is 0 Å². The average molecular weight is 158 g/mol. The molecule has 0 aliphatic carbocycles. The van der Waals surface area contributed by atoms with Crippen LogP contribution in [0.15, 0.2) is 6.20 Å². The number of aliphatic hydroxyl groups is 1. The first-order valence-electron chi connectivity index (χ1n) is 3.30. The Balaban J connectivity index is 2.48. The van der Waals surface area contributed by atoms with Crippen LogP contribution in [0.2, 0.25) is 0 Å². The van der Waals surface area contributed by atoms with Crippen LogP contribution in [-0.4, -0.2) is 21.5 Å². The number of fused-ring (bicyclic) bond motifs is 1. The second-order valence-corrected chi connectivity index (χ2v) is 2.32. The smallest absolute Gasteiger partial charge is 0.201 e. The molecule has 1 atom stereocenters. The largest absolute Gasteiger partial charge is 0.363 e. The molecular formula is C6H7FN2O2. The maximum Gasteiger partial charge on any atom is 0.201 e. The van der Waals surface area contributed by atoms with Gasteiger partial charge in [0, 0.05) is 0 Å². The molecule has 0 bridgehead atoms. The van der Waals surface area contributed by atoms with E-state index in [0.717, 1.165) is 6.20 Å². The number of aliphatic hydroxyl groups excluding tert-OH is 1. The predicted molar refractivity (Wildman–Crippen MR) is 33.1 cm³/mol. The average Bonchev–Trinajstić information content (AvgIpc) is 2.34. The molecule has 1 aliphatic heterocycles. The number of hydrogen-bond donors (Lipinski definition) is 1. The van der Waals surface area contributed by atoms with E-state index in [4.69, 9.17) is 9.84 Å². The highest BCUT2D eigenvalue weighted by Crippen LogP contribution is 2.21. The minimum absolute atomic E-state index is 0.122. The molecule has 60 valence electrons. The third kappa shape index (κ3) is 0.928. The second kappa shape index (κ2) is 2.28. The van der Waals surface area contributed by atoms with Gasteiger partial charge in [-0.3, -0.25) is 4.68 Å².